The van der Waals surface area contributed by atoms with Gasteiger partial charge in [-0.15, -0.1) is 0 Å². The molecular formula is C18H17N5O3. The van der Waals surface area contributed by atoms with Gasteiger partial charge in [0.15, 0.2) is 5.82 Å². The van der Waals surface area contributed by atoms with Crippen LogP contribution in [0.3, 0.4) is 0 Å². The van der Waals surface area contributed by atoms with Crippen LogP contribution in [-0.2, 0) is 4.79 Å². The SMILES string of the molecule is Cc1noc(-c2ccc(N3C[C@H](C(=O)O)[C@@H](c4ccccn4)C3)nc2)n1. The minimum Gasteiger partial charge on any atom is -0.481 e. The minimum atomic E-state index is -0.818. The molecule has 1 N–H and O–H groups in total. The van der Waals surface area contributed by atoms with E-state index >= 15 is 0 Å². The summed E-state index contributed by atoms with van der Waals surface area (Å²) in [6.45, 7) is 2.70. The molecule has 3 aromatic heterocycles. The molecule has 1 aliphatic rings. The van der Waals surface area contributed by atoms with Crippen LogP contribution in [0.2, 0.25) is 0 Å². The fourth-order valence-corrected chi connectivity index (χ4v) is 3.25. The van der Waals surface area contributed by atoms with Crippen LogP contribution in [0, 0.1) is 12.8 Å². The number of carboxylic acids is 1. The monoisotopic (exact) mass is 351 g/mol. The Labute approximate surface area is 149 Å². The first kappa shape index (κ1) is 16.2. The zero-order chi connectivity index (χ0) is 18.1. The van der Waals surface area contributed by atoms with Crippen LogP contribution in [0.1, 0.15) is 17.4 Å². The summed E-state index contributed by atoms with van der Waals surface area (Å²) in [5, 5.41) is 13.4. The van der Waals surface area contributed by atoms with E-state index < -0.39 is 11.9 Å². The number of aliphatic carboxylic acids is 1. The van der Waals surface area contributed by atoms with Crippen molar-refractivity contribution in [3.8, 4) is 11.5 Å². The molecule has 26 heavy (non-hydrogen) atoms. The molecule has 0 aromatic carbocycles. The Bertz CT molecular complexity index is 910. The number of hydrogen-bond acceptors (Lipinski definition) is 7. The highest BCUT2D eigenvalue weighted by molar-refractivity contribution is 5.73. The zero-order valence-electron chi connectivity index (χ0n) is 14.1. The van der Waals surface area contributed by atoms with Gasteiger partial charge in [-0.25, -0.2) is 4.98 Å². The summed E-state index contributed by atoms with van der Waals surface area (Å²) < 4.78 is 5.14. The molecule has 0 radical (unpaired) electrons. The van der Waals surface area contributed by atoms with Crippen molar-refractivity contribution in [1.82, 2.24) is 20.1 Å². The lowest BCUT2D eigenvalue weighted by Crippen LogP contribution is -2.23. The summed E-state index contributed by atoms with van der Waals surface area (Å²) in [6, 6.07) is 9.27. The molecule has 1 saturated heterocycles. The highest BCUT2D eigenvalue weighted by Gasteiger charge is 2.39. The number of anilines is 1. The summed E-state index contributed by atoms with van der Waals surface area (Å²) in [5.74, 6) is 0.179. The van der Waals surface area contributed by atoms with Gasteiger partial charge in [0.05, 0.1) is 11.5 Å². The zero-order valence-corrected chi connectivity index (χ0v) is 14.1. The van der Waals surface area contributed by atoms with Gasteiger partial charge in [0.25, 0.3) is 5.89 Å². The molecule has 0 bridgehead atoms. The van der Waals surface area contributed by atoms with Crippen molar-refractivity contribution in [3.63, 3.8) is 0 Å². The Morgan fingerprint density at radius 3 is 2.73 bits per heavy atom. The van der Waals surface area contributed by atoms with Gasteiger partial charge in [0.1, 0.15) is 5.82 Å². The molecule has 2 atom stereocenters. The average molecular weight is 351 g/mol. The normalized spacial score (nSPS) is 19.7. The van der Waals surface area contributed by atoms with E-state index in [4.69, 9.17) is 4.52 Å². The molecule has 1 aliphatic heterocycles. The van der Waals surface area contributed by atoms with E-state index in [0.29, 0.717) is 24.8 Å². The predicted octanol–water partition coefficient (Wildman–Crippen LogP) is 2.14. The van der Waals surface area contributed by atoms with E-state index in [2.05, 4.69) is 20.1 Å². The van der Waals surface area contributed by atoms with Crippen molar-refractivity contribution < 1.29 is 14.4 Å². The van der Waals surface area contributed by atoms with Crippen LogP contribution in [-0.4, -0.2) is 44.3 Å². The lowest BCUT2D eigenvalue weighted by molar-refractivity contribution is -0.141. The Morgan fingerprint density at radius 1 is 1.23 bits per heavy atom. The van der Waals surface area contributed by atoms with Gasteiger partial charge < -0.3 is 14.5 Å². The van der Waals surface area contributed by atoms with Crippen LogP contribution in [0.4, 0.5) is 5.82 Å². The molecule has 0 aliphatic carbocycles. The van der Waals surface area contributed by atoms with Gasteiger partial charge in [0.2, 0.25) is 0 Å². The van der Waals surface area contributed by atoms with E-state index in [1.807, 2.05) is 35.2 Å². The van der Waals surface area contributed by atoms with Gasteiger partial charge in [-0.05, 0) is 31.2 Å². The molecule has 4 heterocycles. The fourth-order valence-electron chi connectivity index (χ4n) is 3.25. The highest BCUT2D eigenvalue weighted by Crippen LogP contribution is 2.34. The lowest BCUT2D eigenvalue weighted by atomic mass is 9.93. The van der Waals surface area contributed by atoms with Crippen LogP contribution < -0.4 is 4.90 Å². The Balaban J connectivity index is 1.57. The van der Waals surface area contributed by atoms with E-state index in [1.54, 1.807) is 19.3 Å². The maximum absolute atomic E-state index is 11.7. The van der Waals surface area contributed by atoms with Crippen LogP contribution >= 0.6 is 0 Å². The quantitative estimate of drug-likeness (QED) is 0.762. The van der Waals surface area contributed by atoms with E-state index in [1.165, 1.54) is 0 Å². The average Bonchev–Trinajstić information content (AvgIpc) is 3.29. The summed E-state index contributed by atoms with van der Waals surface area (Å²) in [7, 11) is 0. The topological polar surface area (TPSA) is 105 Å². The first-order valence-corrected chi connectivity index (χ1v) is 8.27. The molecule has 0 amide bonds. The van der Waals surface area contributed by atoms with Gasteiger partial charge in [-0.2, -0.15) is 4.98 Å². The van der Waals surface area contributed by atoms with E-state index in [-0.39, 0.29) is 5.92 Å². The second kappa shape index (κ2) is 6.55. The number of rotatable bonds is 4. The molecule has 0 spiro atoms. The molecule has 4 rings (SSSR count). The highest BCUT2D eigenvalue weighted by atomic mass is 16.5. The van der Waals surface area contributed by atoms with Crippen molar-refractivity contribution in [2.24, 2.45) is 5.92 Å². The second-order valence-corrected chi connectivity index (χ2v) is 6.26. The molecule has 0 saturated carbocycles. The third-order valence-corrected chi connectivity index (χ3v) is 4.55. The molecule has 132 valence electrons. The van der Waals surface area contributed by atoms with Crippen molar-refractivity contribution in [2.45, 2.75) is 12.8 Å². The fraction of sp³-hybridized carbons (Fsp3) is 0.278. The smallest absolute Gasteiger partial charge is 0.309 e. The van der Waals surface area contributed by atoms with E-state index in [9.17, 15) is 9.90 Å². The number of aromatic nitrogens is 4. The molecule has 3 aromatic rings. The maximum atomic E-state index is 11.7. The van der Waals surface area contributed by atoms with Crippen LogP contribution in [0.15, 0.2) is 47.2 Å². The lowest BCUT2D eigenvalue weighted by Gasteiger charge is -2.17. The third kappa shape index (κ3) is 3.01. The van der Waals surface area contributed by atoms with Gasteiger partial charge in [0, 0.05) is 37.1 Å². The maximum Gasteiger partial charge on any atom is 0.309 e. The van der Waals surface area contributed by atoms with Gasteiger partial charge in [-0.3, -0.25) is 9.78 Å². The Hall–Kier alpha value is -3.29. The van der Waals surface area contributed by atoms with Crippen molar-refractivity contribution in [3.05, 3.63) is 54.2 Å². The number of pyridine rings is 2. The van der Waals surface area contributed by atoms with Crippen molar-refractivity contribution in [2.75, 3.05) is 18.0 Å². The van der Waals surface area contributed by atoms with Crippen molar-refractivity contribution in [1.29, 1.82) is 0 Å². The third-order valence-electron chi connectivity index (χ3n) is 4.55. The standard InChI is InChI=1S/C18H17N5O3/c1-11-21-17(26-22-11)12-5-6-16(20-8-12)23-9-13(14(10-23)18(24)25)15-4-2-3-7-19-15/h2-8,13-14H,9-10H2,1H3,(H,24,25)/t13-,14-/m0/s1. The van der Waals surface area contributed by atoms with Crippen molar-refractivity contribution >= 4 is 11.8 Å². The van der Waals surface area contributed by atoms with Crippen LogP contribution in [0.25, 0.3) is 11.5 Å². The Morgan fingerprint density at radius 2 is 2.12 bits per heavy atom. The predicted molar refractivity (Wildman–Crippen MR) is 92.6 cm³/mol. The number of carboxylic acid groups (broad SMARTS) is 1. The number of aryl methyl sites for hydroxylation is 1. The largest absolute Gasteiger partial charge is 0.481 e. The first-order valence-electron chi connectivity index (χ1n) is 8.27. The number of nitrogens with zero attached hydrogens (tertiary/aromatic N) is 5. The molecule has 0 unspecified atom stereocenters. The minimum absolute atomic E-state index is 0.172. The second-order valence-electron chi connectivity index (χ2n) is 6.26. The molecular weight excluding hydrogens is 334 g/mol. The number of hydrogen-bond donors (Lipinski definition) is 1. The molecule has 8 nitrogen and oxygen atoms in total. The molecule has 8 heteroatoms. The summed E-state index contributed by atoms with van der Waals surface area (Å²) in [6.07, 6.45) is 3.35. The van der Waals surface area contributed by atoms with Gasteiger partial charge >= 0.3 is 5.97 Å². The summed E-state index contributed by atoms with van der Waals surface area (Å²) in [4.78, 5) is 26.6. The Kier molecular flexibility index (Phi) is 4.08. The molecule has 1 fully saturated rings. The van der Waals surface area contributed by atoms with E-state index in [0.717, 1.165) is 17.1 Å². The van der Waals surface area contributed by atoms with Gasteiger partial charge in [-0.1, -0.05) is 11.2 Å². The summed E-state index contributed by atoms with van der Waals surface area (Å²) in [5.41, 5.74) is 1.52. The first-order chi connectivity index (χ1) is 12.6. The van der Waals surface area contributed by atoms with Crippen LogP contribution in [0.5, 0.6) is 0 Å². The number of carbonyl (C=O) groups is 1. The summed E-state index contributed by atoms with van der Waals surface area (Å²) >= 11 is 0.